The summed E-state index contributed by atoms with van der Waals surface area (Å²) in [5.41, 5.74) is 7.80. The molecule has 18 heavy (non-hydrogen) atoms. The van der Waals surface area contributed by atoms with Gasteiger partial charge >= 0.3 is 0 Å². The zero-order valence-electron chi connectivity index (χ0n) is 11.5. The van der Waals surface area contributed by atoms with Gasteiger partial charge in [-0.15, -0.1) is 0 Å². The smallest absolute Gasteiger partial charge is 0.0622 e. The Morgan fingerprint density at radius 2 is 1.78 bits per heavy atom. The third kappa shape index (κ3) is 2.77. The van der Waals surface area contributed by atoms with E-state index in [2.05, 4.69) is 13.8 Å². The van der Waals surface area contributed by atoms with E-state index in [9.17, 15) is 4.21 Å². The lowest BCUT2D eigenvalue weighted by Crippen LogP contribution is -2.28. The van der Waals surface area contributed by atoms with Crippen LogP contribution in [0.2, 0.25) is 0 Å². The zero-order chi connectivity index (χ0) is 13.3. The van der Waals surface area contributed by atoms with Crippen LogP contribution in [0.5, 0.6) is 0 Å². The summed E-state index contributed by atoms with van der Waals surface area (Å²) in [4.78, 5) is 0.835. The highest BCUT2D eigenvalue weighted by Crippen LogP contribution is 2.34. The SMILES string of the molecule is Cc1cccc(S(=O)C2CC(C)CC(C)C2)c1N. The Labute approximate surface area is 112 Å². The molecule has 1 aliphatic carbocycles. The maximum atomic E-state index is 12.7. The molecule has 3 unspecified atom stereocenters. The van der Waals surface area contributed by atoms with Crippen molar-refractivity contribution < 1.29 is 4.21 Å². The van der Waals surface area contributed by atoms with Crippen molar-refractivity contribution in [3.8, 4) is 0 Å². The quantitative estimate of drug-likeness (QED) is 0.832. The molecule has 100 valence electrons. The second-order valence-electron chi connectivity index (χ2n) is 5.82. The van der Waals surface area contributed by atoms with E-state index in [1.165, 1.54) is 6.42 Å². The van der Waals surface area contributed by atoms with Crippen LogP contribution in [0.15, 0.2) is 23.1 Å². The van der Waals surface area contributed by atoms with Gasteiger partial charge in [0.15, 0.2) is 0 Å². The van der Waals surface area contributed by atoms with Gasteiger partial charge in [0.25, 0.3) is 0 Å². The first-order valence-electron chi connectivity index (χ1n) is 6.74. The molecule has 1 aromatic carbocycles. The molecule has 2 N–H and O–H groups in total. The molecule has 3 heteroatoms. The standard InChI is InChI=1S/C15H23NOS/c1-10-7-11(2)9-13(8-10)18(17)14-6-4-5-12(3)15(14)16/h4-6,10-11,13H,7-9,16H2,1-3H3. The highest BCUT2D eigenvalue weighted by atomic mass is 32.2. The number of hydrogen-bond donors (Lipinski definition) is 1. The fraction of sp³-hybridized carbons (Fsp3) is 0.600. The molecule has 0 saturated heterocycles. The van der Waals surface area contributed by atoms with Crippen molar-refractivity contribution >= 4 is 16.5 Å². The molecule has 1 saturated carbocycles. The molecule has 2 nitrogen and oxygen atoms in total. The first kappa shape index (κ1) is 13.6. The Hall–Kier alpha value is -0.830. The Bertz CT molecular complexity index is 448. The lowest BCUT2D eigenvalue weighted by molar-refractivity contribution is 0.305. The summed E-state index contributed by atoms with van der Waals surface area (Å²) in [7, 11) is -0.958. The molecule has 1 aromatic rings. The maximum absolute atomic E-state index is 12.7. The second-order valence-corrected chi connectivity index (χ2v) is 7.52. The lowest BCUT2D eigenvalue weighted by atomic mass is 9.83. The minimum absolute atomic E-state index is 0.271. The maximum Gasteiger partial charge on any atom is 0.0622 e. The van der Waals surface area contributed by atoms with Crippen molar-refractivity contribution in [2.24, 2.45) is 11.8 Å². The Balaban J connectivity index is 2.23. The summed E-state index contributed by atoms with van der Waals surface area (Å²) in [6, 6.07) is 5.85. The van der Waals surface area contributed by atoms with Crippen molar-refractivity contribution in [3.05, 3.63) is 23.8 Å². The summed E-state index contributed by atoms with van der Waals surface area (Å²) < 4.78 is 12.7. The van der Waals surface area contributed by atoms with Crippen LogP contribution in [0.4, 0.5) is 5.69 Å². The van der Waals surface area contributed by atoms with Crippen molar-refractivity contribution in [1.82, 2.24) is 0 Å². The summed E-state index contributed by atoms with van der Waals surface area (Å²) in [6.07, 6.45) is 3.38. The number of para-hydroxylation sites is 1. The van der Waals surface area contributed by atoms with Gasteiger partial charge < -0.3 is 5.73 Å². The predicted octanol–water partition coefficient (Wildman–Crippen LogP) is 3.51. The monoisotopic (exact) mass is 265 g/mol. The molecular weight excluding hydrogens is 242 g/mol. The van der Waals surface area contributed by atoms with Crippen LogP contribution >= 0.6 is 0 Å². The largest absolute Gasteiger partial charge is 0.398 e. The fourth-order valence-corrected chi connectivity index (χ4v) is 5.01. The number of hydrogen-bond acceptors (Lipinski definition) is 2. The lowest BCUT2D eigenvalue weighted by Gasteiger charge is -2.31. The number of anilines is 1. The third-order valence-electron chi connectivity index (χ3n) is 3.94. The van der Waals surface area contributed by atoms with E-state index in [4.69, 9.17) is 5.73 Å². The molecule has 0 aliphatic heterocycles. The highest BCUT2D eigenvalue weighted by molar-refractivity contribution is 7.85. The molecule has 2 rings (SSSR count). The number of nitrogen functional groups attached to an aromatic ring is 1. The van der Waals surface area contributed by atoms with Crippen LogP contribution in [0.25, 0.3) is 0 Å². The summed E-state index contributed by atoms with van der Waals surface area (Å²) in [6.45, 7) is 6.50. The number of aryl methyl sites for hydroxylation is 1. The highest BCUT2D eigenvalue weighted by Gasteiger charge is 2.29. The Kier molecular flexibility index (Phi) is 4.10. The van der Waals surface area contributed by atoms with E-state index in [0.717, 1.165) is 23.3 Å². The average molecular weight is 265 g/mol. The molecule has 0 bridgehead atoms. The predicted molar refractivity (Wildman–Crippen MR) is 78.0 cm³/mol. The van der Waals surface area contributed by atoms with E-state index in [-0.39, 0.29) is 5.25 Å². The molecule has 1 fully saturated rings. The molecule has 0 amide bonds. The average Bonchev–Trinajstić information content (AvgIpc) is 2.30. The van der Waals surface area contributed by atoms with Crippen molar-refractivity contribution in [2.75, 3.05) is 5.73 Å². The van der Waals surface area contributed by atoms with Crippen molar-refractivity contribution in [1.29, 1.82) is 0 Å². The van der Waals surface area contributed by atoms with E-state index >= 15 is 0 Å². The van der Waals surface area contributed by atoms with Gasteiger partial charge in [0.05, 0.1) is 21.4 Å². The van der Waals surface area contributed by atoms with Gasteiger partial charge in [-0.05, 0) is 49.7 Å². The van der Waals surface area contributed by atoms with Gasteiger partial charge in [0.1, 0.15) is 0 Å². The molecule has 0 spiro atoms. The summed E-state index contributed by atoms with van der Waals surface area (Å²) in [5, 5.41) is 0.271. The van der Waals surface area contributed by atoms with E-state index in [0.29, 0.717) is 17.5 Å². The topological polar surface area (TPSA) is 43.1 Å². The van der Waals surface area contributed by atoms with Crippen LogP contribution in [0.3, 0.4) is 0 Å². The first-order chi connectivity index (χ1) is 8.49. The molecule has 0 aromatic heterocycles. The summed E-state index contributed by atoms with van der Waals surface area (Å²) in [5.74, 6) is 1.35. The zero-order valence-corrected chi connectivity index (χ0v) is 12.3. The molecule has 3 atom stereocenters. The van der Waals surface area contributed by atoms with Crippen molar-refractivity contribution in [2.45, 2.75) is 50.2 Å². The first-order valence-corrected chi connectivity index (χ1v) is 7.96. The van der Waals surface area contributed by atoms with E-state index in [1.54, 1.807) is 0 Å². The molecule has 0 radical (unpaired) electrons. The van der Waals surface area contributed by atoms with Gasteiger partial charge in [-0.3, -0.25) is 4.21 Å². The number of nitrogens with two attached hydrogens (primary N) is 1. The van der Waals surface area contributed by atoms with Crippen LogP contribution in [-0.4, -0.2) is 9.46 Å². The van der Waals surface area contributed by atoms with Gasteiger partial charge in [-0.2, -0.15) is 0 Å². The van der Waals surface area contributed by atoms with Gasteiger partial charge in [0, 0.05) is 5.25 Å². The van der Waals surface area contributed by atoms with Crippen molar-refractivity contribution in [3.63, 3.8) is 0 Å². The van der Waals surface area contributed by atoms with E-state index < -0.39 is 10.8 Å². The Morgan fingerprint density at radius 3 is 2.39 bits per heavy atom. The van der Waals surface area contributed by atoms with Crippen LogP contribution < -0.4 is 5.73 Å². The molecule has 1 aliphatic rings. The molecule has 0 heterocycles. The van der Waals surface area contributed by atoms with Gasteiger partial charge in [-0.25, -0.2) is 0 Å². The normalized spacial score (nSPS) is 30.1. The molecular formula is C15H23NOS. The minimum atomic E-state index is -0.958. The number of benzene rings is 1. The van der Waals surface area contributed by atoms with Crippen LogP contribution in [-0.2, 0) is 10.8 Å². The summed E-state index contributed by atoms with van der Waals surface area (Å²) >= 11 is 0. The van der Waals surface area contributed by atoms with Crippen LogP contribution in [0.1, 0.15) is 38.7 Å². The van der Waals surface area contributed by atoms with Crippen LogP contribution in [0, 0.1) is 18.8 Å². The minimum Gasteiger partial charge on any atom is -0.398 e. The van der Waals surface area contributed by atoms with E-state index in [1.807, 2.05) is 25.1 Å². The van der Waals surface area contributed by atoms with Gasteiger partial charge in [-0.1, -0.05) is 26.0 Å². The van der Waals surface area contributed by atoms with Gasteiger partial charge in [0.2, 0.25) is 0 Å². The third-order valence-corrected chi connectivity index (χ3v) is 5.72. The Morgan fingerprint density at radius 1 is 1.17 bits per heavy atom. The fourth-order valence-electron chi connectivity index (χ4n) is 3.06. The number of rotatable bonds is 2. The second kappa shape index (κ2) is 5.43.